The molecule has 3 rings (SSSR count). The molecule has 0 radical (unpaired) electrons. The third kappa shape index (κ3) is 4.74. The first-order valence-electron chi connectivity index (χ1n) is 9.80. The van der Waals surface area contributed by atoms with Gasteiger partial charge in [0.2, 0.25) is 0 Å². The zero-order chi connectivity index (χ0) is 21.8. The van der Waals surface area contributed by atoms with Gasteiger partial charge in [-0.15, -0.1) is 0 Å². The van der Waals surface area contributed by atoms with Crippen molar-refractivity contribution >= 4 is 28.3 Å². The summed E-state index contributed by atoms with van der Waals surface area (Å²) in [4.78, 5) is 37.5. The largest absolute Gasteiger partial charge is 0.451 e. The highest BCUT2D eigenvalue weighted by atomic mass is 16.5. The highest BCUT2D eigenvalue weighted by molar-refractivity contribution is 6.03. The minimum atomic E-state index is -0.751. The van der Waals surface area contributed by atoms with E-state index in [-0.39, 0.29) is 17.2 Å². The van der Waals surface area contributed by atoms with Gasteiger partial charge in [0.05, 0.1) is 5.39 Å². The number of esters is 1. The molecule has 0 saturated carbocycles. The molecule has 0 spiro atoms. The molecule has 3 aromatic rings. The number of fused-ring (bicyclic) bond motifs is 1. The number of benzene rings is 2. The fourth-order valence-electron chi connectivity index (χ4n) is 3.07. The molecular weight excluding hydrogens is 382 g/mol. The summed E-state index contributed by atoms with van der Waals surface area (Å²) in [7, 11) is 0. The van der Waals surface area contributed by atoms with Gasteiger partial charge >= 0.3 is 5.97 Å². The lowest BCUT2D eigenvalue weighted by Crippen LogP contribution is -2.29. The molecule has 0 bridgehead atoms. The van der Waals surface area contributed by atoms with Gasteiger partial charge in [0.15, 0.2) is 12.3 Å². The third-order valence-corrected chi connectivity index (χ3v) is 4.72. The molecule has 30 heavy (non-hydrogen) atoms. The lowest BCUT2D eigenvalue weighted by molar-refractivity contribution is -0.119. The van der Waals surface area contributed by atoms with Crippen molar-refractivity contribution in [2.75, 3.05) is 11.9 Å². The highest BCUT2D eigenvalue weighted by Crippen LogP contribution is 2.16. The van der Waals surface area contributed by atoms with Gasteiger partial charge in [-0.05, 0) is 49.1 Å². The van der Waals surface area contributed by atoms with Crippen LogP contribution >= 0.6 is 0 Å². The average Bonchev–Trinajstić information content (AvgIpc) is 2.71. The number of aromatic nitrogens is 2. The molecule has 0 aliphatic rings. The molecule has 7 heteroatoms. The molecule has 1 N–H and O–H groups in total. The first-order chi connectivity index (χ1) is 14.3. The fraction of sp³-hybridized carbons (Fsp3) is 0.304. The van der Waals surface area contributed by atoms with Gasteiger partial charge in [-0.1, -0.05) is 38.1 Å². The van der Waals surface area contributed by atoms with Crippen LogP contribution in [0.3, 0.4) is 0 Å². The Hall–Kier alpha value is -3.48. The van der Waals surface area contributed by atoms with Gasteiger partial charge in [0.25, 0.3) is 11.5 Å². The number of carbonyl (C=O) groups excluding carboxylic acids is 2. The second kappa shape index (κ2) is 8.90. The van der Waals surface area contributed by atoms with Gasteiger partial charge in [-0.2, -0.15) is 5.10 Å². The number of hydrogen-bond acceptors (Lipinski definition) is 5. The quantitative estimate of drug-likeness (QED) is 0.632. The number of anilines is 1. The zero-order valence-corrected chi connectivity index (χ0v) is 17.6. The SMILES string of the molecule is Cc1ccc(NC(=O)COC(=O)c2nn(CC(C)C)c(=O)c3ccccc23)cc1C. The van der Waals surface area contributed by atoms with E-state index in [9.17, 15) is 14.4 Å². The van der Waals surface area contributed by atoms with Crippen molar-refractivity contribution < 1.29 is 14.3 Å². The van der Waals surface area contributed by atoms with E-state index in [0.29, 0.717) is 23.0 Å². The van der Waals surface area contributed by atoms with Crippen LogP contribution in [0.25, 0.3) is 10.8 Å². The Morgan fingerprint density at radius 1 is 1.07 bits per heavy atom. The van der Waals surface area contributed by atoms with E-state index >= 15 is 0 Å². The van der Waals surface area contributed by atoms with E-state index in [0.717, 1.165) is 11.1 Å². The van der Waals surface area contributed by atoms with Crippen LogP contribution in [0.1, 0.15) is 35.5 Å². The predicted molar refractivity (Wildman–Crippen MR) is 116 cm³/mol. The monoisotopic (exact) mass is 407 g/mol. The fourth-order valence-corrected chi connectivity index (χ4v) is 3.07. The summed E-state index contributed by atoms with van der Waals surface area (Å²) in [6.45, 7) is 7.77. The number of hydrogen-bond donors (Lipinski definition) is 1. The molecule has 0 unspecified atom stereocenters. The number of aryl methyl sites for hydroxylation is 2. The second-order valence-electron chi connectivity index (χ2n) is 7.70. The predicted octanol–water partition coefficient (Wildman–Crippen LogP) is 3.46. The van der Waals surface area contributed by atoms with Crippen molar-refractivity contribution in [1.29, 1.82) is 0 Å². The van der Waals surface area contributed by atoms with Crippen molar-refractivity contribution in [1.82, 2.24) is 9.78 Å². The Kier molecular flexibility index (Phi) is 6.30. The molecule has 7 nitrogen and oxygen atoms in total. The summed E-state index contributed by atoms with van der Waals surface area (Å²) in [6.07, 6.45) is 0. The van der Waals surface area contributed by atoms with Crippen LogP contribution in [-0.2, 0) is 16.1 Å². The van der Waals surface area contributed by atoms with Gasteiger partial charge in [-0.25, -0.2) is 9.48 Å². The average molecular weight is 407 g/mol. The zero-order valence-electron chi connectivity index (χ0n) is 17.6. The molecule has 0 aliphatic heterocycles. The van der Waals surface area contributed by atoms with Crippen LogP contribution in [0.15, 0.2) is 47.3 Å². The van der Waals surface area contributed by atoms with E-state index in [1.54, 1.807) is 30.3 Å². The summed E-state index contributed by atoms with van der Waals surface area (Å²) in [5.41, 5.74) is 2.56. The number of amides is 1. The smallest absolute Gasteiger partial charge is 0.359 e. The summed E-state index contributed by atoms with van der Waals surface area (Å²) >= 11 is 0. The van der Waals surface area contributed by atoms with Crippen LogP contribution in [0.2, 0.25) is 0 Å². The van der Waals surface area contributed by atoms with Gasteiger partial charge in [-0.3, -0.25) is 9.59 Å². The highest BCUT2D eigenvalue weighted by Gasteiger charge is 2.19. The van der Waals surface area contributed by atoms with Crippen LogP contribution in [0, 0.1) is 19.8 Å². The number of nitrogens with one attached hydrogen (secondary N) is 1. The van der Waals surface area contributed by atoms with Gasteiger partial charge < -0.3 is 10.1 Å². The van der Waals surface area contributed by atoms with Crippen LogP contribution < -0.4 is 10.9 Å². The molecular formula is C23H25N3O4. The number of carbonyl (C=O) groups is 2. The van der Waals surface area contributed by atoms with E-state index in [4.69, 9.17) is 4.74 Å². The van der Waals surface area contributed by atoms with Crippen LogP contribution in [0.5, 0.6) is 0 Å². The maximum absolute atomic E-state index is 12.7. The first kappa shape index (κ1) is 21.2. The van der Waals surface area contributed by atoms with Gasteiger partial charge in [0, 0.05) is 17.6 Å². The minimum absolute atomic E-state index is 0.0184. The number of rotatable bonds is 6. The molecule has 156 valence electrons. The molecule has 1 amide bonds. The lowest BCUT2D eigenvalue weighted by Gasteiger charge is -2.12. The van der Waals surface area contributed by atoms with Crippen molar-refractivity contribution in [2.24, 2.45) is 5.92 Å². The summed E-state index contributed by atoms with van der Waals surface area (Å²) in [5, 5.41) is 7.72. The molecule has 0 atom stereocenters. The molecule has 0 aliphatic carbocycles. The number of ether oxygens (including phenoxy) is 1. The molecule has 0 fully saturated rings. The molecule has 0 saturated heterocycles. The number of nitrogens with zero attached hydrogens (tertiary/aromatic N) is 2. The van der Waals surface area contributed by atoms with E-state index in [1.165, 1.54) is 4.68 Å². The van der Waals surface area contributed by atoms with E-state index in [1.807, 2.05) is 39.8 Å². The third-order valence-electron chi connectivity index (χ3n) is 4.72. The van der Waals surface area contributed by atoms with E-state index in [2.05, 4.69) is 10.4 Å². The van der Waals surface area contributed by atoms with Crippen LogP contribution in [0.4, 0.5) is 5.69 Å². The normalized spacial score (nSPS) is 11.0. The molecule has 2 aromatic carbocycles. The Bertz CT molecular complexity index is 1160. The molecule has 1 aromatic heterocycles. The van der Waals surface area contributed by atoms with E-state index < -0.39 is 18.5 Å². The Morgan fingerprint density at radius 2 is 1.77 bits per heavy atom. The Balaban J connectivity index is 1.79. The van der Waals surface area contributed by atoms with Crippen molar-refractivity contribution in [3.63, 3.8) is 0 Å². The Labute approximate surface area is 174 Å². The summed E-state index contributed by atoms with van der Waals surface area (Å²) in [6, 6.07) is 12.3. The summed E-state index contributed by atoms with van der Waals surface area (Å²) < 4.78 is 6.47. The van der Waals surface area contributed by atoms with Crippen molar-refractivity contribution in [2.45, 2.75) is 34.2 Å². The van der Waals surface area contributed by atoms with Crippen LogP contribution in [-0.4, -0.2) is 28.3 Å². The van der Waals surface area contributed by atoms with Crippen molar-refractivity contribution in [3.8, 4) is 0 Å². The first-order valence-corrected chi connectivity index (χ1v) is 9.80. The Morgan fingerprint density at radius 3 is 2.43 bits per heavy atom. The maximum Gasteiger partial charge on any atom is 0.359 e. The van der Waals surface area contributed by atoms with Crippen molar-refractivity contribution in [3.05, 3.63) is 69.6 Å². The molecule has 1 heterocycles. The lowest BCUT2D eigenvalue weighted by atomic mass is 10.1. The summed E-state index contributed by atoms with van der Waals surface area (Å²) in [5.74, 6) is -1.03. The minimum Gasteiger partial charge on any atom is -0.451 e. The van der Waals surface area contributed by atoms with Gasteiger partial charge in [0.1, 0.15) is 0 Å². The maximum atomic E-state index is 12.7. The second-order valence-corrected chi connectivity index (χ2v) is 7.70. The standard InChI is InChI=1S/C23H25N3O4/c1-14(2)12-26-22(28)19-8-6-5-7-18(19)21(25-26)23(29)30-13-20(27)24-17-10-9-15(3)16(4)11-17/h5-11,14H,12-13H2,1-4H3,(H,24,27). The topological polar surface area (TPSA) is 90.3 Å².